The lowest BCUT2D eigenvalue weighted by Crippen LogP contribution is -2.47. The van der Waals surface area contributed by atoms with Gasteiger partial charge in [-0.05, 0) is 12.1 Å². The number of anilines is 1. The van der Waals surface area contributed by atoms with Gasteiger partial charge in [-0.25, -0.2) is 0 Å². The first-order valence-electron chi connectivity index (χ1n) is 6.53. The highest BCUT2D eigenvalue weighted by atomic mass is 16.5. The van der Waals surface area contributed by atoms with E-state index in [1.165, 1.54) is 0 Å². The maximum Gasteiger partial charge on any atom is 0.304 e. The summed E-state index contributed by atoms with van der Waals surface area (Å²) >= 11 is 0. The molecule has 0 radical (unpaired) electrons. The molecule has 0 atom stereocenters. The molecule has 1 N–H and O–H groups in total. The molecule has 19 heavy (non-hydrogen) atoms. The number of hydrogen-bond donors (Lipinski definition) is 1. The summed E-state index contributed by atoms with van der Waals surface area (Å²) in [6.45, 7) is 4.23. The molecule has 1 aliphatic heterocycles. The third-order valence-electron chi connectivity index (χ3n) is 3.44. The maximum atomic E-state index is 10.6. The monoisotopic (exact) mass is 264 g/mol. The second-order valence-corrected chi connectivity index (χ2v) is 4.64. The average molecular weight is 264 g/mol. The number of ether oxygens (including phenoxy) is 1. The molecular formula is C14H20N2O3. The lowest BCUT2D eigenvalue weighted by atomic mass is 10.2. The van der Waals surface area contributed by atoms with Gasteiger partial charge in [-0.3, -0.25) is 9.69 Å². The summed E-state index contributed by atoms with van der Waals surface area (Å²) in [6, 6.07) is 8.00. The van der Waals surface area contributed by atoms with Gasteiger partial charge in [0, 0.05) is 32.7 Å². The van der Waals surface area contributed by atoms with E-state index in [0.29, 0.717) is 6.54 Å². The first-order valence-corrected chi connectivity index (χ1v) is 6.53. The number of aliphatic carboxylic acids is 1. The van der Waals surface area contributed by atoms with E-state index >= 15 is 0 Å². The number of hydrogen-bond acceptors (Lipinski definition) is 4. The van der Waals surface area contributed by atoms with Gasteiger partial charge in [0.2, 0.25) is 0 Å². The lowest BCUT2D eigenvalue weighted by Gasteiger charge is -2.36. The number of methoxy groups -OCH3 is 1. The van der Waals surface area contributed by atoms with E-state index in [1.54, 1.807) is 7.11 Å². The SMILES string of the molecule is COc1ccccc1N1CCN(CCC(=O)O)CC1. The van der Waals surface area contributed by atoms with Gasteiger partial charge in [-0.1, -0.05) is 12.1 Å². The smallest absolute Gasteiger partial charge is 0.304 e. The Kier molecular flexibility index (Phi) is 4.63. The summed E-state index contributed by atoms with van der Waals surface area (Å²) in [5.41, 5.74) is 1.11. The van der Waals surface area contributed by atoms with Gasteiger partial charge in [-0.2, -0.15) is 0 Å². The Labute approximate surface area is 113 Å². The summed E-state index contributed by atoms with van der Waals surface area (Å²) in [5.74, 6) is 0.161. The van der Waals surface area contributed by atoms with E-state index < -0.39 is 5.97 Å². The number of nitrogens with zero attached hydrogens (tertiary/aromatic N) is 2. The highest BCUT2D eigenvalue weighted by molar-refractivity contribution is 5.66. The molecule has 1 aliphatic rings. The summed E-state index contributed by atoms with van der Waals surface area (Å²) in [7, 11) is 1.68. The number of benzene rings is 1. The second-order valence-electron chi connectivity index (χ2n) is 4.64. The molecule has 0 unspecified atom stereocenters. The number of carbonyl (C=O) groups is 1. The van der Waals surface area contributed by atoms with Gasteiger partial charge < -0.3 is 14.7 Å². The van der Waals surface area contributed by atoms with Gasteiger partial charge in [0.1, 0.15) is 5.75 Å². The molecule has 1 saturated heterocycles. The van der Waals surface area contributed by atoms with Crippen LogP contribution in [0, 0.1) is 0 Å². The van der Waals surface area contributed by atoms with Gasteiger partial charge in [0.15, 0.2) is 0 Å². The van der Waals surface area contributed by atoms with Crippen molar-refractivity contribution >= 4 is 11.7 Å². The van der Waals surface area contributed by atoms with E-state index in [-0.39, 0.29) is 6.42 Å². The minimum Gasteiger partial charge on any atom is -0.495 e. The van der Waals surface area contributed by atoms with Crippen LogP contribution in [0.2, 0.25) is 0 Å². The fourth-order valence-corrected chi connectivity index (χ4v) is 2.36. The quantitative estimate of drug-likeness (QED) is 0.868. The molecule has 0 bridgehead atoms. The van der Waals surface area contributed by atoms with Crippen molar-refractivity contribution in [1.82, 2.24) is 4.90 Å². The molecule has 0 aliphatic carbocycles. The van der Waals surface area contributed by atoms with E-state index in [4.69, 9.17) is 9.84 Å². The minimum absolute atomic E-state index is 0.217. The normalized spacial score (nSPS) is 16.4. The fraction of sp³-hybridized carbons (Fsp3) is 0.500. The molecule has 5 heteroatoms. The standard InChI is InChI=1S/C14H20N2O3/c1-19-13-5-3-2-4-12(13)16-10-8-15(9-11-16)7-6-14(17)18/h2-5H,6-11H2,1H3,(H,17,18). The predicted molar refractivity (Wildman–Crippen MR) is 73.9 cm³/mol. The molecule has 0 amide bonds. The van der Waals surface area contributed by atoms with Crippen molar-refractivity contribution in [2.24, 2.45) is 0 Å². The van der Waals surface area contributed by atoms with Crippen molar-refractivity contribution in [2.75, 3.05) is 44.7 Å². The van der Waals surface area contributed by atoms with Crippen LogP contribution in [-0.4, -0.2) is 55.8 Å². The lowest BCUT2D eigenvalue weighted by molar-refractivity contribution is -0.137. The Hall–Kier alpha value is -1.75. The number of carboxylic acid groups (broad SMARTS) is 1. The van der Waals surface area contributed by atoms with Gasteiger partial charge in [-0.15, -0.1) is 0 Å². The molecule has 1 aromatic carbocycles. The van der Waals surface area contributed by atoms with Crippen molar-refractivity contribution in [2.45, 2.75) is 6.42 Å². The van der Waals surface area contributed by atoms with E-state index in [1.807, 2.05) is 18.2 Å². The van der Waals surface area contributed by atoms with Gasteiger partial charge >= 0.3 is 5.97 Å². The van der Waals surface area contributed by atoms with Crippen LogP contribution in [0.1, 0.15) is 6.42 Å². The number of carboxylic acids is 1. The van der Waals surface area contributed by atoms with Crippen molar-refractivity contribution < 1.29 is 14.6 Å². The first-order chi connectivity index (χ1) is 9.20. The first kappa shape index (κ1) is 13.7. The summed E-state index contributed by atoms with van der Waals surface area (Å²) in [5, 5.41) is 8.69. The van der Waals surface area contributed by atoms with Crippen molar-refractivity contribution in [1.29, 1.82) is 0 Å². The molecular weight excluding hydrogens is 244 g/mol. The molecule has 104 valence electrons. The Morgan fingerprint density at radius 2 is 1.95 bits per heavy atom. The Morgan fingerprint density at radius 3 is 2.58 bits per heavy atom. The number of piperazine rings is 1. The van der Waals surface area contributed by atoms with Crippen LogP contribution >= 0.6 is 0 Å². The Bertz CT molecular complexity index is 428. The second kappa shape index (κ2) is 6.43. The van der Waals surface area contributed by atoms with Crippen LogP contribution in [0.3, 0.4) is 0 Å². The van der Waals surface area contributed by atoms with Crippen LogP contribution in [-0.2, 0) is 4.79 Å². The molecule has 1 heterocycles. The van der Waals surface area contributed by atoms with Crippen LogP contribution in [0.15, 0.2) is 24.3 Å². The highest BCUT2D eigenvalue weighted by Crippen LogP contribution is 2.28. The third-order valence-corrected chi connectivity index (χ3v) is 3.44. The van der Waals surface area contributed by atoms with Crippen molar-refractivity contribution in [3.63, 3.8) is 0 Å². The van der Waals surface area contributed by atoms with E-state index in [2.05, 4.69) is 15.9 Å². The third kappa shape index (κ3) is 3.61. The minimum atomic E-state index is -0.729. The maximum absolute atomic E-state index is 10.6. The molecule has 1 aromatic rings. The number of rotatable bonds is 5. The van der Waals surface area contributed by atoms with Crippen molar-refractivity contribution in [3.05, 3.63) is 24.3 Å². The zero-order chi connectivity index (χ0) is 13.7. The molecule has 5 nitrogen and oxygen atoms in total. The van der Waals surface area contributed by atoms with Crippen LogP contribution in [0.25, 0.3) is 0 Å². The molecule has 0 aromatic heterocycles. The van der Waals surface area contributed by atoms with E-state index in [9.17, 15) is 4.79 Å². The Morgan fingerprint density at radius 1 is 1.26 bits per heavy atom. The predicted octanol–water partition coefficient (Wildman–Crippen LogP) is 1.29. The van der Waals surface area contributed by atoms with E-state index in [0.717, 1.165) is 37.6 Å². The molecule has 1 fully saturated rings. The Balaban J connectivity index is 1.90. The average Bonchev–Trinajstić information content (AvgIpc) is 2.45. The zero-order valence-corrected chi connectivity index (χ0v) is 11.2. The summed E-state index contributed by atoms with van der Waals surface area (Å²) in [6.07, 6.45) is 0.217. The topological polar surface area (TPSA) is 53.0 Å². The molecule has 0 spiro atoms. The van der Waals surface area contributed by atoms with Crippen molar-refractivity contribution in [3.8, 4) is 5.75 Å². The fourth-order valence-electron chi connectivity index (χ4n) is 2.36. The summed E-state index contributed by atoms with van der Waals surface area (Å²) in [4.78, 5) is 15.0. The largest absolute Gasteiger partial charge is 0.495 e. The number of para-hydroxylation sites is 2. The van der Waals surface area contributed by atoms with Gasteiger partial charge in [0.05, 0.1) is 19.2 Å². The molecule has 0 saturated carbocycles. The molecule has 2 rings (SSSR count). The van der Waals surface area contributed by atoms with Crippen LogP contribution in [0.4, 0.5) is 5.69 Å². The highest BCUT2D eigenvalue weighted by Gasteiger charge is 2.19. The van der Waals surface area contributed by atoms with Crippen LogP contribution < -0.4 is 9.64 Å². The van der Waals surface area contributed by atoms with Gasteiger partial charge in [0.25, 0.3) is 0 Å². The zero-order valence-electron chi connectivity index (χ0n) is 11.2. The van der Waals surface area contributed by atoms with Crippen LogP contribution in [0.5, 0.6) is 5.75 Å². The summed E-state index contributed by atoms with van der Waals surface area (Å²) < 4.78 is 5.37.